The lowest BCUT2D eigenvalue weighted by atomic mass is 10.4. The minimum atomic E-state index is 0.631. The number of alkyl halides is 1. The van der Waals surface area contributed by atoms with Crippen LogP contribution in [0.2, 0.25) is 0 Å². The molecule has 0 atom stereocenters. The lowest BCUT2D eigenvalue weighted by molar-refractivity contribution is 0.756. The molecule has 0 N–H and O–H groups in total. The van der Waals surface area contributed by atoms with Gasteiger partial charge in [-0.3, -0.25) is 0 Å². The number of aromatic nitrogens is 3. The van der Waals surface area contributed by atoms with Crippen molar-refractivity contribution in [1.29, 1.82) is 0 Å². The zero-order valence-electron chi connectivity index (χ0n) is 9.07. The molecule has 0 spiro atoms. The van der Waals surface area contributed by atoms with Crippen molar-refractivity contribution in [2.75, 3.05) is 16.8 Å². The first-order valence-electron chi connectivity index (χ1n) is 5.23. The van der Waals surface area contributed by atoms with Gasteiger partial charge >= 0.3 is 0 Å². The van der Waals surface area contributed by atoms with Crippen LogP contribution in [0.5, 0.6) is 0 Å². The van der Waals surface area contributed by atoms with Crippen molar-refractivity contribution in [3.63, 3.8) is 0 Å². The summed E-state index contributed by atoms with van der Waals surface area (Å²) in [7, 11) is 0. The average Bonchev–Trinajstić information content (AvgIpc) is 3.02. The average molecular weight is 271 g/mol. The minimum absolute atomic E-state index is 0.631. The highest BCUT2D eigenvalue weighted by atomic mass is 79.9. The van der Waals surface area contributed by atoms with Gasteiger partial charge in [-0.25, -0.2) is 4.98 Å². The number of anilines is 1. The van der Waals surface area contributed by atoms with Gasteiger partial charge in [0, 0.05) is 17.9 Å². The van der Waals surface area contributed by atoms with Gasteiger partial charge in [-0.2, -0.15) is 5.10 Å². The number of hydrogen-bond acceptors (Lipinski definition) is 4. The molecule has 1 heterocycles. The summed E-state index contributed by atoms with van der Waals surface area (Å²) in [6.45, 7) is 4.87. The molecular formula is C10H15BrN4. The van der Waals surface area contributed by atoms with Crippen LogP contribution in [-0.2, 0) is 0 Å². The summed E-state index contributed by atoms with van der Waals surface area (Å²) < 4.78 is 0. The van der Waals surface area contributed by atoms with Crippen molar-refractivity contribution < 1.29 is 0 Å². The van der Waals surface area contributed by atoms with E-state index in [4.69, 9.17) is 0 Å². The molecule has 1 aromatic heterocycles. The van der Waals surface area contributed by atoms with Crippen LogP contribution in [0.3, 0.4) is 0 Å². The maximum atomic E-state index is 4.48. The van der Waals surface area contributed by atoms with Crippen molar-refractivity contribution >= 4 is 21.9 Å². The Hall–Kier alpha value is -0.710. The van der Waals surface area contributed by atoms with Gasteiger partial charge < -0.3 is 4.90 Å². The van der Waals surface area contributed by atoms with E-state index < -0.39 is 0 Å². The molecule has 0 bridgehead atoms. The molecule has 0 saturated heterocycles. The van der Waals surface area contributed by atoms with Crippen LogP contribution < -0.4 is 4.90 Å². The fourth-order valence-corrected chi connectivity index (χ4v) is 1.87. The topological polar surface area (TPSA) is 41.9 Å². The standard InChI is InChI=1S/C10H15BrN4/c1-7-8(2)13-14-10(12-7)15(6-5-11)9-3-4-9/h9H,3-6H2,1-2H3. The van der Waals surface area contributed by atoms with E-state index in [2.05, 4.69) is 36.0 Å². The Morgan fingerprint density at radius 1 is 1.27 bits per heavy atom. The van der Waals surface area contributed by atoms with E-state index in [-0.39, 0.29) is 0 Å². The van der Waals surface area contributed by atoms with Crippen molar-refractivity contribution in [3.05, 3.63) is 11.4 Å². The summed E-state index contributed by atoms with van der Waals surface area (Å²) in [6, 6.07) is 0.631. The molecule has 2 rings (SSSR count). The Bertz CT molecular complexity index is 351. The predicted octanol–water partition coefficient (Wildman–Crippen LogP) is 1.85. The maximum absolute atomic E-state index is 4.48. The molecule has 5 heteroatoms. The van der Waals surface area contributed by atoms with Crippen molar-refractivity contribution in [2.45, 2.75) is 32.7 Å². The third-order valence-corrected chi connectivity index (χ3v) is 3.01. The molecule has 0 aromatic carbocycles. The molecule has 0 aliphatic heterocycles. The van der Waals surface area contributed by atoms with Gasteiger partial charge in [-0.1, -0.05) is 15.9 Å². The molecule has 1 saturated carbocycles. The molecule has 1 aromatic rings. The van der Waals surface area contributed by atoms with E-state index in [1.165, 1.54) is 12.8 Å². The number of hydrogen-bond donors (Lipinski definition) is 0. The minimum Gasteiger partial charge on any atom is -0.336 e. The fraction of sp³-hybridized carbons (Fsp3) is 0.700. The fourth-order valence-electron chi connectivity index (χ4n) is 1.49. The van der Waals surface area contributed by atoms with Crippen LogP contribution in [0.1, 0.15) is 24.2 Å². The zero-order chi connectivity index (χ0) is 10.8. The zero-order valence-corrected chi connectivity index (χ0v) is 10.7. The molecule has 1 fully saturated rings. The highest BCUT2D eigenvalue weighted by Gasteiger charge is 2.30. The van der Waals surface area contributed by atoms with Crippen LogP contribution in [-0.4, -0.2) is 33.1 Å². The van der Waals surface area contributed by atoms with Gasteiger partial charge in [0.2, 0.25) is 5.95 Å². The van der Waals surface area contributed by atoms with Crippen molar-refractivity contribution in [2.24, 2.45) is 0 Å². The van der Waals surface area contributed by atoms with E-state index in [1.54, 1.807) is 0 Å². The number of aryl methyl sites for hydroxylation is 2. The smallest absolute Gasteiger partial charge is 0.245 e. The molecule has 0 unspecified atom stereocenters. The first-order chi connectivity index (χ1) is 7.22. The molecular weight excluding hydrogens is 256 g/mol. The third-order valence-electron chi connectivity index (χ3n) is 2.65. The van der Waals surface area contributed by atoms with Gasteiger partial charge in [-0.05, 0) is 26.7 Å². The number of halogens is 1. The van der Waals surface area contributed by atoms with Gasteiger partial charge in [0.25, 0.3) is 0 Å². The summed E-state index contributed by atoms with van der Waals surface area (Å²) >= 11 is 3.46. The quantitative estimate of drug-likeness (QED) is 0.784. The molecule has 4 nitrogen and oxygen atoms in total. The van der Waals surface area contributed by atoms with E-state index >= 15 is 0 Å². The van der Waals surface area contributed by atoms with Gasteiger partial charge in [0.1, 0.15) is 0 Å². The molecule has 1 aliphatic carbocycles. The SMILES string of the molecule is Cc1nnc(N(CCBr)C2CC2)nc1C. The normalized spacial score (nSPS) is 15.4. The predicted molar refractivity (Wildman–Crippen MR) is 63.5 cm³/mol. The first kappa shape index (κ1) is 10.8. The lowest BCUT2D eigenvalue weighted by Gasteiger charge is -2.20. The van der Waals surface area contributed by atoms with Crippen LogP contribution >= 0.6 is 15.9 Å². The summed E-state index contributed by atoms with van der Waals surface area (Å²) in [6.07, 6.45) is 2.51. The second kappa shape index (κ2) is 4.43. The molecule has 0 radical (unpaired) electrons. The highest BCUT2D eigenvalue weighted by Crippen LogP contribution is 2.29. The largest absolute Gasteiger partial charge is 0.336 e. The van der Waals surface area contributed by atoms with E-state index in [1.807, 2.05) is 13.8 Å². The molecule has 0 amide bonds. The second-order valence-corrected chi connectivity index (χ2v) is 4.69. The van der Waals surface area contributed by atoms with E-state index in [0.29, 0.717) is 6.04 Å². The number of rotatable bonds is 4. The van der Waals surface area contributed by atoms with Crippen molar-refractivity contribution in [3.8, 4) is 0 Å². The Morgan fingerprint density at radius 3 is 2.53 bits per heavy atom. The molecule has 82 valence electrons. The van der Waals surface area contributed by atoms with Crippen LogP contribution in [0.25, 0.3) is 0 Å². The van der Waals surface area contributed by atoms with Crippen LogP contribution in [0.4, 0.5) is 5.95 Å². The maximum Gasteiger partial charge on any atom is 0.245 e. The Morgan fingerprint density at radius 2 is 2.00 bits per heavy atom. The van der Waals surface area contributed by atoms with Gasteiger partial charge in [0.15, 0.2) is 0 Å². The first-order valence-corrected chi connectivity index (χ1v) is 6.35. The Kier molecular flexibility index (Phi) is 3.19. The van der Waals surface area contributed by atoms with E-state index in [0.717, 1.165) is 29.2 Å². The summed E-state index contributed by atoms with van der Waals surface area (Å²) in [5.41, 5.74) is 1.88. The van der Waals surface area contributed by atoms with Gasteiger partial charge in [0.05, 0.1) is 11.4 Å². The van der Waals surface area contributed by atoms with Crippen LogP contribution in [0.15, 0.2) is 0 Å². The Labute approximate surface area is 98.2 Å². The summed E-state index contributed by atoms with van der Waals surface area (Å²) in [4.78, 5) is 6.73. The molecule has 15 heavy (non-hydrogen) atoms. The molecule has 1 aliphatic rings. The summed E-state index contributed by atoms with van der Waals surface area (Å²) in [5, 5.41) is 9.23. The number of nitrogens with zero attached hydrogens (tertiary/aromatic N) is 4. The lowest BCUT2D eigenvalue weighted by Crippen LogP contribution is -2.30. The highest BCUT2D eigenvalue weighted by molar-refractivity contribution is 9.09. The van der Waals surface area contributed by atoms with E-state index in [9.17, 15) is 0 Å². The Balaban J connectivity index is 2.21. The van der Waals surface area contributed by atoms with Crippen molar-refractivity contribution in [1.82, 2.24) is 15.2 Å². The third kappa shape index (κ3) is 2.45. The summed E-state index contributed by atoms with van der Waals surface area (Å²) in [5.74, 6) is 0.778. The van der Waals surface area contributed by atoms with Crippen LogP contribution in [0, 0.1) is 13.8 Å². The second-order valence-electron chi connectivity index (χ2n) is 3.90. The monoisotopic (exact) mass is 270 g/mol. The van der Waals surface area contributed by atoms with Gasteiger partial charge in [-0.15, -0.1) is 5.10 Å².